The van der Waals surface area contributed by atoms with E-state index in [1.165, 1.54) is 12.1 Å². The Bertz CT molecular complexity index is 1450. The molecular weight excluding hydrogens is 462 g/mol. The standard InChI is InChI=1S/C29H22ClNO4/c1-2-34-27-16-20(14-25(17-31)22-9-11-23(12-10-22)29(32)33)15-26(30)28(27)35-18-19-7-8-21-5-3-4-6-24(21)13-19/h3-16H,2,18H2,1H3,(H,32,33). The highest BCUT2D eigenvalue weighted by Crippen LogP contribution is 2.38. The van der Waals surface area contributed by atoms with Crippen molar-refractivity contribution in [2.75, 3.05) is 6.61 Å². The number of allylic oxidation sites excluding steroid dienone is 1. The summed E-state index contributed by atoms with van der Waals surface area (Å²) in [7, 11) is 0. The molecule has 0 heterocycles. The molecule has 5 nitrogen and oxygen atoms in total. The number of nitriles is 1. The molecule has 4 aromatic rings. The zero-order chi connectivity index (χ0) is 24.8. The van der Waals surface area contributed by atoms with Crippen molar-refractivity contribution in [3.8, 4) is 17.6 Å². The summed E-state index contributed by atoms with van der Waals surface area (Å²) in [4.78, 5) is 11.1. The second kappa shape index (κ2) is 10.8. The number of carboxylic acid groups (broad SMARTS) is 1. The number of halogens is 1. The summed E-state index contributed by atoms with van der Waals surface area (Å²) in [6, 6.07) is 26.0. The number of rotatable bonds is 8. The molecule has 0 amide bonds. The zero-order valence-corrected chi connectivity index (χ0v) is 19.8. The van der Waals surface area contributed by atoms with Crippen LogP contribution in [-0.2, 0) is 6.61 Å². The van der Waals surface area contributed by atoms with Crippen molar-refractivity contribution in [2.45, 2.75) is 13.5 Å². The number of ether oxygens (including phenoxy) is 2. The Balaban J connectivity index is 1.61. The van der Waals surface area contributed by atoms with Crippen LogP contribution in [0.2, 0.25) is 5.02 Å². The smallest absolute Gasteiger partial charge is 0.335 e. The second-order valence-corrected chi connectivity index (χ2v) is 8.19. The Kier molecular flexibility index (Phi) is 7.35. The summed E-state index contributed by atoms with van der Waals surface area (Å²) in [5.41, 5.74) is 2.78. The Morgan fingerprint density at radius 2 is 1.69 bits per heavy atom. The van der Waals surface area contributed by atoms with Crippen molar-refractivity contribution < 1.29 is 19.4 Å². The van der Waals surface area contributed by atoms with Gasteiger partial charge in [0.05, 0.1) is 28.8 Å². The molecule has 0 aliphatic heterocycles. The van der Waals surface area contributed by atoms with Crippen molar-refractivity contribution in [3.63, 3.8) is 0 Å². The summed E-state index contributed by atoms with van der Waals surface area (Å²) in [6.45, 7) is 2.60. The third-order valence-corrected chi connectivity index (χ3v) is 5.68. The molecule has 0 aliphatic carbocycles. The fourth-order valence-corrected chi connectivity index (χ4v) is 3.97. The van der Waals surface area contributed by atoms with Gasteiger partial charge in [-0.1, -0.05) is 60.1 Å². The maximum Gasteiger partial charge on any atom is 0.335 e. The molecular formula is C29H22ClNO4. The molecule has 0 atom stereocenters. The number of hydrogen-bond acceptors (Lipinski definition) is 4. The summed E-state index contributed by atoms with van der Waals surface area (Å²) in [6.07, 6.45) is 1.68. The van der Waals surface area contributed by atoms with Crippen LogP contribution in [0.4, 0.5) is 0 Å². The van der Waals surface area contributed by atoms with Crippen LogP contribution in [0.15, 0.2) is 78.9 Å². The van der Waals surface area contributed by atoms with Gasteiger partial charge in [0.15, 0.2) is 11.5 Å². The summed E-state index contributed by atoms with van der Waals surface area (Å²) < 4.78 is 11.9. The van der Waals surface area contributed by atoms with Crippen LogP contribution >= 0.6 is 11.6 Å². The second-order valence-electron chi connectivity index (χ2n) is 7.79. The van der Waals surface area contributed by atoms with Gasteiger partial charge in [0, 0.05) is 0 Å². The van der Waals surface area contributed by atoms with Crippen molar-refractivity contribution in [2.24, 2.45) is 0 Å². The molecule has 0 unspecified atom stereocenters. The minimum atomic E-state index is -1.02. The van der Waals surface area contributed by atoms with Gasteiger partial charge < -0.3 is 14.6 Å². The number of nitrogens with zero attached hydrogens (tertiary/aromatic N) is 1. The highest BCUT2D eigenvalue weighted by atomic mass is 35.5. The molecule has 0 saturated carbocycles. The van der Waals surface area contributed by atoms with E-state index < -0.39 is 5.97 Å². The van der Waals surface area contributed by atoms with Crippen LogP contribution in [0, 0.1) is 11.3 Å². The van der Waals surface area contributed by atoms with E-state index in [1.807, 2.05) is 25.1 Å². The topological polar surface area (TPSA) is 79.5 Å². The van der Waals surface area contributed by atoms with E-state index in [-0.39, 0.29) is 5.56 Å². The average molecular weight is 484 g/mol. The summed E-state index contributed by atoms with van der Waals surface area (Å²) in [5.74, 6) is -0.111. The van der Waals surface area contributed by atoms with Gasteiger partial charge in [-0.25, -0.2) is 4.79 Å². The molecule has 0 aromatic heterocycles. The molecule has 174 valence electrons. The quantitative estimate of drug-likeness (QED) is 0.211. The SMILES string of the molecule is CCOc1cc(C=C(C#N)c2ccc(C(=O)O)cc2)cc(Cl)c1OCc1ccc2ccccc2c1. The lowest BCUT2D eigenvalue weighted by Gasteiger charge is -2.15. The van der Waals surface area contributed by atoms with Crippen molar-refractivity contribution in [3.05, 3.63) is 106 Å². The molecule has 1 N–H and O–H groups in total. The van der Waals surface area contributed by atoms with E-state index >= 15 is 0 Å². The molecule has 35 heavy (non-hydrogen) atoms. The summed E-state index contributed by atoms with van der Waals surface area (Å²) >= 11 is 6.58. The van der Waals surface area contributed by atoms with Crippen molar-refractivity contribution in [1.29, 1.82) is 5.26 Å². The number of fused-ring (bicyclic) bond motifs is 1. The van der Waals surface area contributed by atoms with Gasteiger partial charge in [-0.15, -0.1) is 0 Å². The predicted molar refractivity (Wildman–Crippen MR) is 138 cm³/mol. The fraction of sp³-hybridized carbons (Fsp3) is 0.103. The van der Waals surface area contributed by atoms with Gasteiger partial charge in [-0.3, -0.25) is 0 Å². The minimum absolute atomic E-state index is 0.153. The Labute approximate surface area is 208 Å². The number of carboxylic acids is 1. The van der Waals surface area contributed by atoms with Gasteiger partial charge >= 0.3 is 5.97 Å². The van der Waals surface area contributed by atoms with E-state index in [1.54, 1.807) is 30.3 Å². The van der Waals surface area contributed by atoms with E-state index in [0.717, 1.165) is 16.3 Å². The van der Waals surface area contributed by atoms with Crippen LogP contribution in [0.1, 0.15) is 34.0 Å². The maximum absolute atomic E-state index is 11.1. The average Bonchev–Trinajstić information content (AvgIpc) is 2.87. The number of aromatic carboxylic acids is 1. The first-order chi connectivity index (χ1) is 17.0. The molecule has 4 rings (SSSR count). The Hall–Kier alpha value is -4.27. The van der Waals surface area contributed by atoms with Gasteiger partial charge in [0.1, 0.15) is 6.61 Å². The lowest BCUT2D eigenvalue weighted by molar-refractivity contribution is 0.0697. The first kappa shape index (κ1) is 23.9. The first-order valence-corrected chi connectivity index (χ1v) is 11.4. The van der Waals surface area contributed by atoms with Gasteiger partial charge in [0.2, 0.25) is 0 Å². The van der Waals surface area contributed by atoms with Crippen LogP contribution < -0.4 is 9.47 Å². The molecule has 0 saturated heterocycles. The van der Waals surface area contributed by atoms with Crippen molar-refractivity contribution >= 4 is 40.0 Å². The number of carbonyl (C=O) groups is 1. The highest BCUT2D eigenvalue weighted by molar-refractivity contribution is 6.32. The molecule has 0 fully saturated rings. The monoisotopic (exact) mass is 483 g/mol. The number of hydrogen-bond donors (Lipinski definition) is 1. The van der Waals surface area contributed by atoms with E-state index in [0.29, 0.717) is 46.4 Å². The molecule has 0 bridgehead atoms. The van der Waals surface area contributed by atoms with Crippen LogP contribution in [0.3, 0.4) is 0 Å². The third-order valence-electron chi connectivity index (χ3n) is 5.40. The normalized spacial score (nSPS) is 11.2. The van der Waals surface area contributed by atoms with Crippen LogP contribution in [0.5, 0.6) is 11.5 Å². The third kappa shape index (κ3) is 5.63. The van der Waals surface area contributed by atoms with Gasteiger partial charge in [-0.05, 0) is 70.8 Å². The molecule has 0 spiro atoms. The molecule has 4 aromatic carbocycles. The molecule has 6 heteroatoms. The number of benzene rings is 4. The van der Waals surface area contributed by atoms with Crippen molar-refractivity contribution in [1.82, 2.24) is 0 Å². The maximum atomic E-state index is 11.1. The zero-order valence-electron chi connectivity index (χ0n) is 19.0. The predicted octanol–water partition coefficient (Wildman–Crippen LogP) is 7.23. The fourth-order valence-electron chi connectivity index (χ4n) is 3.70. The van der Waals surface area contributed by atoms with Crippen LogP contribution in [-0.4, -0.2) is 17.7 Å². The Morgan fingerprint density at radius 1 is 0.971 bits per heavy atom. The molecule has 0 aliphatic rings. The largest absolute Gasteiger partial charge is 0.490 e. The lowest BCUT2D eigenvalue weighted by atomic mass is 10.0. The van der Waals surface area contributed by atoms with E-state index in [9.17, 15) is 10.1 Å². The van der Waals surface area contributed by atoms with Gasteiger partial charge in [-0.2, -0.15) is 5.26 Å². The minimum Gasteiger partial charge on any atom is -0.490 e. The first-order valence-electron chi connectivity index (χ1n) is 11.0. The lowest BCUT2D eigenvalue weighted by Crippen LogP contribution is -2.01. The summed E-state index contributed by atoms with van der Waals surface area (Å²) in [5, 5.41) is 21.4. The van der Waals surface area contributed by atoms with Gasteiger partial charge in [0.25, 0.3) is 0 Å². The molecule has 0 radical (unpaired) electrons. The highest BCUT2D eigenvalue weighted by Gasteiger charge is 2.14. The van der Waals surface area contributed by atoms with Crippen LogP contribution in [0.25, 0.3) is 22.4 Å². The van der Waals surface area contributed by atoms with E-state index in [2.05, 4.69) is 30.3 Å². The van der Waals surface area contributed by atoms with E-state index in [4.69, 9.17) is 26.2 Å². The Morgan fingerprint density at radius 3 is 2.37 bits per heavy atom.